The second-order valence-corrected chi connectivity index (χ2v) is 7.86. The van der Waals surface area contributed by atoms with E-state index in [-0.39, 0.29) is 11.8 Å². The van der Waals surface area contributed by atoms with Crippen molar-refractivity contribution in [2.75, 3.05) is 11.1 Å². The number of rotatable bonds is 2. The minimum atomic E-state index is -3.15. The Morgan fingerprint density at radius 3 is 2.71 bits per heavy atom. The van der Waals surface area contributed by atoms with Gasteiger partial charge in [0.15, 0.2) is 9.84 Å². The molecule has 0 saturated carbocycles. The lowest BCUT2D eigenvalue weighted by atomic mass is 10.1. The maximum absolute atomic E-state index is 12.2. The molecule has 0 saturated heterocycles. The quantitative estimate of drug-likeness (QED) is 0.927. The van der Waals surface area contributed by atoms with E-state index in [4.69, 9.17) is 0 Å². The lowest BCUT2D eigenvalue weighted by Gasteiger charge is -2.15. The monoisotopic (exact) mass is 299 g/mol. The van der Waals surface area contributed by atoms with Gasteiger partial charge >= 0.3 is 0 Å². The van der Waals surface area contributed by atoms with Crippen molar-refractivity contribution >= 4 is 15.5 Å². The van der Waals surface area contributed by atoms with Gasteiger partial charge in [0.25, 0.3) is 0 Å². The second kappa shape index (κ2) is 4.60. The van der Waals surface area contributed by atoms with Gasteiger partial charge in [0.2, 0.25) is 0 Å². The van der Waals surface area contributed by atoms with Gasteiger partial charge in [-0.1, -0.05) is 24.3 Å². The predicted molar refractivity (Wildman–Crippen MR) is 83.3 cm³/mol. The van der Waals surface area contributed by atoms with E-state index in [1.165, 1.54) is 17.5 Å². The summed E-state index contributed by atoms with van der Waals surface area (Å²) in [6.07, 6.45) is 3.51. The summed E-state index contributed by atoms with van der Waals surface area (Å²) in [5.41, 5.74) is 4.74. The van der Waals surface area contributed by atoms with Crippen LogP contribution in [0.3, 0.4) is 0 Å². The largest absolute Gasteiger partial charge is 0.377 e. The minimum absolute atomic E-state index is 0.142. The normalized spacial score (nSPS) is 21.8. The minimum Gasteiger partial charge on any atom is -0.377 e. The fourth-order valence-electron chi connectivity index (χ4n) is 3.43. The van der Waals surface area contributed by atoms with Gasteiger partial charge in [-0.15, -0.1) is 0 Å². The van der Waals surface area contributed by atoms with E-state index in [0.717, 1.165) is 24.1 Å². The summed E-state index contributed by atoms with van der Waals surface area (Å²) < 4.78 is 24.4. The van der Waals surface area contributed by atoms with Crippen LogP contribution in [0.1, 0.15) is 29.2 Å². The first-order chi connectivity index (χ1) is 10.1. The van der Waals surface area contributed by atoms with E-state index < -0.39 is 9.84 Å². The molecule has 21 heavy (non-hydrogen) atoms. The standard InChI is InChI=1S/C17H17NO2S/c19-21(20)11-16(15-6-1-2-7-17(15)21)18-14-9-8-12-4-3-5-13(12)10-14/h1-2,6-10,16,18H,3-5,11H2. The Bertz CT molecular complexity index is 811. The van der Waals surface area contributed by atoms with Gasteiger partial charge in [-0.3, -0.25) is 0 Å². The molecule has 0 radical (unpaired) electrons. The third kappa shape index (κ3) is 2.14. The van der Waals surface area contributed by atoms with Crippen LogP contribution in [0.25, 0.3) is 0 Å². The zero-order valence-electron chi connectivity index (χ0n) is 11.7. The van der Waals surface area contributed by atoms with Crippen molar-refractivity contribution in [3.05, 3.63) is 59.2 Å². The molecule has 0 aromatic heterocycles. The smallest absolute Gasteiger partial charge is 0.181 e. The van der Waals surface area contributed by atoms with Crippen molar-refractivity contribution in [2.45, 2.75) is 30.2 Å². The van der Waals surface area contributed by atoms with Crippen LogP contribution in [0.5, 0.6) is 0 Å². The Labute approximate surface area is 124 Å². The van der Waals surface area contributed by atoms with Crippen molar-refractivity contribution in [1.82, 2.24) is 0 Å². The highest BCUT2D eigenvalue weighted by atomic mass is 32.2. The number of fused-ring (bicyclic) bond motifs is 2. The molecule has 0 bridgehead atoms. The molecule has 4 heteroatoms. The Kier molecular flexibility index (Phi) is 2.82. The van der Waals surface area contributed by atoms with Gasteiger partial charge in [-0.25, -0.2) is 8.42 Å². The Balaban J connectivity index is 1.67. The molecule has 3 nitrogen and oxygen atoms in total. The first kappa shape index (κ1) is 12.9. The fourth-order valence-corrected chi connectivity index (χ4v) is 5.17. The van der Waals surface area contributed by atoms with Gasteiger partial charge in [-0.05, 0) is 54.2 Å². The topological polar surface area (TPSA) is 46.2 Å². The van der Waals surface area contributed by atoms with Crippen LogP contribution in [-0.4, -0.2) is 14.2 Å². The van der Waals surface area contributed by atoms with Crippen LogP contribution in [-0.2, 0) is 22.7 Å². The highest BCUT2D eigenvalue weighted by Gasteiger charge is 2.34. The number of hydrogen-bond donors (Lipinski definition) is 1. The van der Waals surface area contributed by atoms with E-state index in [1.807, 2.05) is 12.1 Å². The summed E-state index contributed by atoms with van der Waals surface area (Å²) in [7, 11) is -3.15. The first-order valence-electron chi connectivity index (χ1n) is 7.33. The summed E-state index contributed by atoms with van der Waals surface area (Å²) >= 11 is 0. The fraction of sp³-hybridized carbons (Fsp3) is 0.294. The van der Waals surface area contributed by atoms with Gasteiger partial charge in [-0.2, -0.15) is 0 Å². The SMILES string of the molecule is O=S1(=O)CC(Nc2ccc3c(c2)CCC3)c2ccccc21. The summed E-state index contributed by atoms with van der Waals surface area (Å²) in [5, 5.41) is 3.40. The zero-order chi connectivity index (χ0) is 14.4. The first-order valence-corrected chi connectivity index (χ1v) is 8.99. The second-order valence-electron chi connectivity index (χ2n) is 5.85. The third-order valence-electron chi connectivity index (χ3n) is 4.45. The molecule has 108 valence electrons. The van der Waals surface area contributed by atoms with Crippen molar-refractivity contribution in [3.8, 4) is 0 Å². The maximum atomic E-state index is 12.2. The number of nitrogens with one attached hydrogen (secondary N) is 1. The Morgan fingerprint density at radius 1 is 1.00 bits per heavy atom. The maximum Gasteiger partial charge on any atom is 0.181 e. The molecular formula is C17H17NO2S. The molecule has 1 N–H and O–H groups in total. The summed E-state index contributed by atoms with van der Waals surface area (Å²) in [6.45, 7) is 0. The summed E-state index contributed by atoms with van der Waals surface area (Å²) in [4.78, 5) is 0.476. The van der Waals surface area contributed by atoms with Crippen LogP contribution in [0.2, 0.25) is 0 Å². The molecular weight excluding hydrogens is 282 g/mol. The highest BCUT2D eigenvalue weighted by Crippen LogP contribution is 2.36. The molecule has 2 aromatic carbocycles. The van der Waals surface area contributed by atoms with E-state index in [1.54, 1.807) is 12.1 Å². The van der Waals surface area contributed by atoms with Gasteiger partial charge in [0.05, 0.1) is 16.7 Å². The van der Waals surface area contributed by atoms with Crippen LogP contribution >= 0.6 is 0 Å². The summed E-state index contributed by atoms with van der Waals surface area (Å²) in [6, 6.07) is 13.6. The molecule has 1 aliphatic heterocycles. The third-order valence-corrected chi connectivity index (χ3v) is 6.27. The molecule has 1 heterocycles. The van der Waals surface area contributed by atoms with E-state index in [0.29, 0.717) is 4.90 Å². The summed E-state index contributed by atoms with van der Waals surface area (Å²) in [5.74, 6) is 0.142. The van der Waals surface area contributed by atoms with Crippen molar-refractivity contribution in [1.29, 1.82) is 0 Å². The zero-order valence-corrected chi connectivity index (χ0v) is 12.5. The Morgan fingerprint density at radius 2 is 1.81 bits per heavy atom. The molecule has 0 amide bonds. The number of sulfone groups is 1. The molecule has 4 rings (SSSR count). The van der Waals surface area contributed by atoms with Crippen LogP contribution in [0.15, 0.2) is 47.4 Å². The molecule has 1 aliphatic carbocycles. The van der Waals surface area contributed by atoms with Gasteiger partial charge in [0.1, 0.15) is 0 Å². The average Bonchev–Trinajstić information content (AvgIpc) is 3.02. The predicted octanol–water partition coefficient (Wildman–Crippen LogP) is 3.12. The number of anilines is 1. The van der Waals surface area contributed by atoms with E-state index in [9.17, 15) is 8.42 Å². The van der Waals surface area contributed by atoms with E-state index in [2.05, 4.69) is 23.5 Å². The van der Waals surface area contributed by atoms with Crippen molar-refractivity contribution in [3.63, 3.8) is 0 Å². The molecule has 2 aromatic rings. The van der Waals surface area contributed by atoms with Crippen molar-refractivity contribution < 1.29 is 8.42 Å². The number of hydrogen-bond acceptors (Lipinski definition) is 3. The lowest BCUT2D eigenvalue weighted by Crippen LogP contribution is -2.13. The van der Waals surface area contributed by atoms with Crippen LogP contribution < -0.4 is 5.32 Å². The highest BCUT2D eigenvalue weighted by molar-refractivity contribution is 7.91. The molecule has 1 atom stereocenters. The molecule has 2 aliphatic rings. The van der Waals surface area contributed by atoms with Gasteiger partial charge in [0, 0.05) is 5.69 Å². The van der Waals surface area contributed by atoms with E-state index >= 15 is 0 Å². The number of aryl methyl sites for hydroxylation is 2. The molecule has 0 spiro atoms. The van der Waals surface area contributed by atoms with Crippen LogP contribution in [0.4, 0.5) is 5.69 Å². The van der Waals surface area contributed by atoms with Crippen molar-refractivity contribution in [2.24, 2.45) is 0 Å². The Hall–Kier alpha value is -1.81. The van der Waals surface area contributed by atoms with Gasteiger partial charge < -0.3 is 5.32 Å². The molecule has 0 fully saturated rings. The molecule has 1 unspecified atom stereocenters. The average molecular weight is 299 g/mol. The number of benzene rings is 2. The van der Waals surface area contributed by atoms with Crippen LogP contribution in [0, 0.1) is 0 Å². The lowest BCUT2D eigenvalue weighted by molar-refractivity contribution is 0.598.